The molecule has 2 aromatic carbocycles. The topological polar surface area (TPSA) is 59.4 Å². The van der Waals surface area contributed by atoms with E-state index in [-0.39, 0.29) is 17.8 Å². The van der Waals surface area contributed by atoms with Crippen molar-refractivity contribution in [3.8, 4) is 11.4 Å². The van der Waals surface area contributed by atoms with Crippen LogP contribution in [0.1, 0.15) is 34.9 Å². The molecule has 7 heteroatoms. The van der Waals surface area contributed by atoms with E-state index in [4.69, 9.17) is 4.74 Å². The van der Waals surface area contributed by atoms with E-state index in [1.807, 2.05) is 18.2 Å². The molecule has 2 heterocycles. The van der Waals surface area contributed by atoms with Gasteiger partial charge in [0.2, 0.25) is 0 Å². The number of amides is 1. The summed E-state index contributed by atoms with van der Waals surface area (Å²) >= 11 is 0. The van der Waals surface area contributed by atoms with Gasteiger partial charge in [0, 0.05) is 17.8 Å². The fourth-order valence-corrected chi connectivity index (χ4v) is 3.98. The first-order valence-corrected chi connectivity index (χ1v) is 10.1. The van der Waals surface area contributed by atoms with Gasteiger partial charge in [-0.1, -0.05) is 18.2 Å². The lowest BCUT2D eigenvalue weighted by atomic mass is 10.0. The molecule has 0 saturated carbocycles. The lowest BCUT2D eigenvalue weighted by Gasteiger charge is -2.29. The van der Waals surface area contributed by atoms with Crippen LogP contribution in [0.2, 0.25) is 0 Å². The average Bonchev–Trinajstić information content (AvgIpc) is 3.47. The Bertz CT molecular complexity index is 996. The van der Waals surface area contributed by atoms with Gasteiger partial charge in [0.15, 0.2) is 0 Å². The summed E-state index contributed by atoms with van der Waals surface area (Å²) < 4.78 is 20.5. The molecule has 0 unspecified atom stereocenters. The van der Waals surface area contributed by atoms with Gasteiger partial charge in [-0.3, -0.25) is 14.3 Å². The lowest BCUT2D eigenvalue weighted by molar-refractivity contribution is 0.0930. The molecule has 1 saturated heterocycles. The average molecular weight is 408 g/mol. The quantitative estimate of drug-likeness (QED) is 0.649. The maximum atomic E-state index is 13.2. The highest BCUT2D eigenvalue weighted by Crippen LogP contribution is 2.31. The molecular formula is C23H25FN4O2. The van der Waals surface area contributed by atoms with Crippen molar-refractivity contribution in [1.29, 1.82) is 0 Å². The fourth-order valence-electron chi connectivity index (χ4n) is 3.98. The van der Waals surface area contributed by atoms with Crippen molar-refractivity contribution in [3.05, 3.63) is 78.1 Å². The number of carbonyl (C=O) groups is 1. The van der Waals surface area contributed by atoms with Gasteiger partial charge in [-0.05, 0) is 56.3 Å². The zero-order chi connectivity index (χ0) is 20.9. The van der Waals surface area contributed by atoms with Crippen molar-refractivity contribution in [3.63, 3.8) is 0 Å². The molecule has 0 bridgehead atoms. The number of benzene rings is 2. The van der Waals surface area contributed by atoms with E-state index >= 15 is 0 Å². The van der Waals surface area contributed by atoms with Gasteiger partial charge in [-0.2, -0.15) is 0 Å². The van der Waals surface area contributed by atoms with Crippen LogP contribution in [0.15, 0.2) is 61.1 Å². The van der Waals surface area contributed by atoms with Gasteiger partial charge in [-0.25, -0.2) is 9.37 Å². The third-order valence-electron chi connectivity index (χ3n) is 5.51. The van der Waals surface area contributed by atoms with E-state index in [1.54, 1.807) is 30.1 Å². The molecule has 1 amide bonds. The number of rotatable bonds is 7. The van der Waals surface area contributed by atoms with Crippen molar-refractivity contribution >= 4 is 5.91 Å². The highest BCUT2D eigenvalue weighted by Gasteiger charge is 2.27. The maximum Gasteiger partial charge on any atom is 0.269 e. The van der Waals surface area contributed by atoms with E-state index < -0.39 is 0 Å². The van der Waals surface area contributed by atoms with Crippen LogP contribution in [0, 0.1) is 5.82 Å². The van der Waals surface area contributed by atoms with Crippen LogP contribution >= 0.6 is 0 Å². The summed E-state index contributed by atoms with van der Waals surface area (Å²) in [5.41, 5.74) is 2.15. The maximum absolute atomic E-state index is 13.2. The van der Waals surface area contributed by atoms with Gasteiger partial charge >= 0.3 is 0 Å². The summed E-state index contributed by atoms with van der Waals surface area (Å²) in [7, 11) is 1.67. The molecule has 3 aromatic rings. The largest absolute Gasteiger partial charge is 0.496 e. The molecule has 6 nitrogen and oxygen atoms in total. The van der Waals surface area contributed by atoms with E-state index in [2.05, 4.69) is 21.3 Å². The normalized spacial score (nSPS) is 15.1. The number of nitrogens with one attached hydrogen (secondary N) is 1. The Labute approximate surface area is 175 Å². The number of halogens is 1. The minimum atomic E-state index is -0.324. The van der Waals surface area contributed by atoms with Crippen molar-refractivity contribution < 1.29 is 13.9 Å². The Kier molecular flexibility index (Phi) is 6.09. The van der Waals surface area contributed by atoms with Crippen LogP contribution in [0.5, 0.6) is 5.75 Å². The summed E-state index contributed by atoms with van der Waals surface area (Å²) in [6.07, 6.45) is 5.38. The molecule has 1 aromatic heterocycles. The van der Waals surface area contributed by atoms with Gasteiger partial charge in [0.25, 0.3) is 5.91 Å². The third kappa shape index (κ3) is 4.21. The van der Waals surface area contributed by atoms with Gasteiger partial charge in [0.1, 0.15) is 17.3 Å². The molecule has 0 radical (unpaired) electrons. The lowest BCUT2D eigenvalue weighted by Crippen LogP contribution is -2.37. The second kappa shape index (κ2) is 9.09. The van der Waals surface area contributed by atoms with E-state index in [1.165, 1.54) is 18.3 Å². The van der Waals surface area contributed by atoms with Gasteiger partial charge < -0.3 is 10.1 Å². The number of para-hydroxylation sites is 1. The minimum absolute atomic E-state index is 0.0230. The molecule has 1 fully saturated rings. The Morgan fingerprint density at radius 2 is 1.90 bits per heavy atom. The zero-order valence-corrected chi connectivity index (χ0v) is 16.9. The summed E-state index contributed by atoms with van der Waals surface area (Å²) in [6, 6.07) is 13.9. The van der Waals surface area contributed by atoms with Crippen LogP contribution in [0.3, 0.4) is 0 Å². The Hall–Kier alpha value is -3.19. The number of likely N-dealkylation sites (tertiary alicyclic amines) is 1. The van der Waals surface area contributed by atoms with Crippen LogP contribution < -0.4 is 10.1 Å². The van der Waals surface area contributed by atoms with Crippen molar-refractivity contribution in [1.82, 2.24) is 19.8 Å². The second-order valence-corrected chi connectivity index (χ2v) is 7.34. The van der Waals surface area contributed by atoms with Crippen LogP contribution in [0.4, 0.5) is 4.39 Å². The zero-order valence-electron chi connectivity index (χ0n) is 16.9. The van der Waals surface area contributed by atoms with Gasteiger partial charge in [0.05, 0.1) is 25.7 Å². The summed E-state index contributed by atoms with van der Waals surface area (Å²) in [5, 5.41) is 3.06. The molecule has 1 N–H and O–H groups in total. The van der Waals surface area contributed by atoms with Crippen LogP contribution in [0.25, 0.3) is 5.69 Å². The van der Waals surface area contributed by atoms with Crippen LogP contribution in [-0.4, -0.2) is 47.1 Å². The highest BCUT2D eigenvalue weighted by atomic mass is 19.1. The van der Waals surface area contributed by atoms with Crippen molar-refractivity contribution in [2.45, 2.75) is 18.9 Å². The predicted molar refractivity (Wildman–Crippen MR) is 112 cm³/mol. The number of ether oxygens (including phenoxy) is 1. The standard InChI is InChI=1S/C23H25FN4O2/c1-30-22-7-3-2-6-19(22)20(27-12-4-5-13-27)15-26-23(29)21-14-25-16-28(21)18-10-8-17(24)9-11-18/h2-3,6-11,14,16,20H,4-5,12-13,15H2,1H3,(H,26,29)/t20-/m1/s1. The number of imidazole rings is 1. The molecule has 30 heavy (non-hydrogen) atoms. The molecule has 0 aliphatic carbocycles. The first kappa shape index (κ1) is 20.1. The third-order valence-corrected chi connectivity index (χ3v) is 5.51. The number of hydrogen-bond acceptors (Lipinski definition) is 4. The molecule has 1 atom stereocenters. The Morgan fingerprint density at radius 3 is 2.63 bits per heavy atom. The van der Waals surface area contributed by atoms with Crippen molar-refractivity contribution in [2.75, 3.05) is 26.7 Å². The number of hydrogen-bond donors (Lipinski definition) is 1. The second-order valence-electron chi connectivity index (χ2n) is 7.34. The minimum Gasteiger partial charge on any atom is -0.496 e. The Morgan fingerprint density at radius 1 is 1.17 bits per heavy atom. The van der Waals surface area contributed by atoms with Crippen LogP contribution in [-0.2, 0) is 0 Å². The van der Waals surface area contributed by atoms with E-state index in [9.17, 15) is 9.18 Å². The molecule has 1 aliphatic heterocycles. The van der Waals surface area contributed by atoms with E-state index in [0.29, 0.717) is 17.9 Å². The summed E-state index contributed by atoms with van der Waals surface area (Å²) in [4.78, 5) is 19.5. The molecule has 1 aliphatic rings. The Balaban J connectivity index is 1.54. The first-order chi connectivity index (χ1) is 14.7. The number of carbonyl (C=O) groups excluding carboxylic acids is 1. The van der Waals surface area contributed by atoms with Gasteiger partial charge in [-0.15, -0.1) is 0 Å². The predicted octanol–water partition coefficient (Wildman–Crippen LogP) is 3.59. The number of methoxy groups -OCH3 is 1. The number of aromatic nitrogens is 2. The molecular weight excluding hydrogens is 383 g/mol. The molecule has 4 rings (SSSR count). The summed E-state index contributed by atoms with van der Waals surface area (Å²) in [6.45, 7) is 2.44. The molecule has 0 spiro atoms. The molecule has 156 valence electrons. The highest BCUT2D eigenvalue weighted by molar-refractivity contribution is 5.93. The number of nitrogens with zero attached hydrogens (tertiary/aromatic N) is 3. The SMILES string of the molecule is COc1ccccc1[C@@H](CNC(=O)c1cncn1-c1ccc(F)cc1)N1CCCC1. The van der Waals surface area contributed by atoms with Crippen molar-refractivity contribution in [2.24, 2.45) is 0 Å². The first-order valence-electron chi connectivity index (χ1n) is 10.1. The fraction of sp³-hybridized carbons (Fsp3) is 0.304. The summed E-state index contributed by atoms with van der Waals surface area (Å²) in [5.74, 6) is 0.269. The smallest absolute Gasteiger partial charge is 0.269 e. The monoisotopic (exact) mass is 408 g/mol. The van der Waals surface area contributed by atoms with E-state index in [0.717, 1.165) is 37.2 Å².